The van der Waals surface area contributed by atoms with E-state index in [4.69, 9.17) is 30.4 Å². The number of anilines is 1. The Hall–Kier alpha value is -4.88. The number of pyridine rings is 1. The van der Waals surface area contributed by atoms with Crippen molar-refractivity contribution in [1.29, 1.82) is 0 Å². The van der Waals surface area contributed by atoms with Crippen LogP contribution in [0.4, 0.5) is 11.5 Å². The molecule has 2 saturated heterocycles. The lowest BCUT2D eigenvalue weighted by Gasteiger charge is -2.33. The second-order valence-corrected chi connectivity index (χ2v) is 11.2. The fourth-order valence-electron chi connectivity index (χ4n) is 6.05. The number of aromatic nitrogens is 3. The highest BCUT2D eigenvalue weighted by Crippen LogP contribution is 2.32. The Bertz CT molecular complexity index is 1840. The molecule has 2 aliphatic heterocycles. The first-order valence-corrected chi connectivity index (χ1v) is 14.6. The summed E-state index contributed by atoms with van der Waals surface area (Å²) >= 11 is 0. The van der Waals surface area contributed by atoms with Crippen molar-refractivity contribution in [2.75, 3.05) is 24.6 Å². The van der Waals surface area contributed by atoms with Crippen LogP contribution in [0.1, 0.15) is 41.0 Å². The normalized spacial score (nSPS) is 17.2. The summed E-state index contributed by atoms with van der Waals surface area (Å²) in [6.45, 7) is 10.9. The van der Waals surface area contributed by atoms with Crippen molar-refractivity contribution in [2.24, 2.45) is 5.92 Å². The number of carbonyl (C=O) groups is 1. The van der Waals surface area contributed by atoms with Crippen LogP contribution in [0.5, 0.6) is 5.88 Å². The molecule has 5 heterocycles. The summed E-state index contributed by atoms with van der Waals surface area (Å²) in [5.41, 5.74) is 4.06. The largest absolute Gasteiger partial charge is 0.478 e. The number of furan rings is 1. The van der Waals surface area contributed by atoms with Crippen molar-refractivity contribution < 1.29 is 23.8 Å². The predicted octanol–water partition coefficient (Wildman–Crippen LogP) is 6.25. The number of imidazole rings is 1. The summed E-state index contributed by atoms with van der Waals surface area (Å²) in [6.07, 6.45) is 5.59. The average Bonchev–Trinajstić information content (AvgIpc) is 3.63. The van der Waals surface area contributed by atoms with Crippen molar-refractivity contribution in [1.82, 2.24) is 14.5 Å². The Morgan fingerprint density at radius 3 is 2.72 bits per heavy atom. The molecule has 0 radical (unpaired) electrons. The van der Waals surface area contributed by atoms with E-state index in [0.717, 1.165) is 79.0 Å². The molecule has 3 aromatic heterocycles. The van der Waals surface area contributed by atoms with Crippen LogP contribution < -0.4 is 9.64 Å². The number of benzene rings is 2. The van der Waals surface area contributed by atoms with E-state index in [1.807, 2.05) is 36.4 Å². The topological polar surface area (TPSA) is 107 Å². The molecule has 1 atom stereocenters. The number of rotatable bonds is 9. The minimum atomic E-state index is -0.934. The molecule has 0 spiro atoms. The van der Waals surface area contributed by atoms with Gasteiger partial charge in [-0.3, -0.25) is 0 Å². The van der Waals surface area contributed by atoms with Crippen molar-refractivity contribution in [2.45, 2.75) is 44.9 Å². The molecule has 0 amide bonds. The SMILES string of the molecule is [C-]#[N+]c1ccc(COc2cccc(N3CCC(Cc4nc5ccc(C(=O)O)cc5n4C[C@@H]4CCO4)CC3)n2)c2occc12. The number of fused-ring (bicyclic) bond motifs is 2. The lowest BCUT2D eigenvalue weighted by Crippen LogP contribution is -2.35. The summed E-state index contributed by atoms with van der Waals surface area (Å²) in [6, 6.07) is 16.5. The van der Waals surface area contributed by atoms with Gasteiger partial charge in [0.05, 0.1) is 42.1 Å². The van der Waals surface area contributed by atoms with Crippen LogP contribution in [-0.4, -0.2) is 51.4 Å². The van der Waals surface area contributed by atoms with Gasteiger partial charge in [-0.1, -0.05) is 18.2 Å². The second-order valence-electron chi connectivity index (χ2n) is 11.2. The molecule has 2 aliphatic rings. The van der Waals surface area contributed by atoms with Gasteiger partial charge in [-0.05, 0) is 55.5 Å². The zero-order chi connectivity index (χ0) is 29.3. The maximum Gasteiger partial charge on any atom is 0.335 e. The summed E-state index contributed by atoms with van der Waals surface area (Å²) in [4.78, 5) is 27.2. The van der Waals surface area contributed by atoms with Crippen LogP contribution in [0.2, 0.25) is 0 Å². The summed E-state index contributed by atoms with van der Waals surface area (Å²) in [7, 11) is 0. The average molecular weight is 578 g/mol. The Labute approximate surface area is 248 Å². The number of hydrogen-bond donors (Lipinski definition) is 1. The molecule has 43 heavy (non-hydrogen) atoms. The van der Waals surface area contributed by atoms with Crippen LogP contribution in [0.15, 0.2) is 65.3 Å². The van der Waals surface area contributed by atoms with E-state index in [0.29, 0.717) is 36.2 Å². The van der Waals surface area contributed by atoms with Gasteiger partial charge in [0.25, 0.3) is 0 Å². The van der Waals surface area contributed by atoms with E-state index in [1.54, 1.807) is 24.5 Å². The minimum Gasteiger partial charge on any atom is -0.478 e. The Morgan fingerprint density at radius 2 is 1.95 bits per heavy atom. The molecule has 2 aromatic carbocycles. The van der Waals surface area contributed by atoms with E-state index in [9.17, 15) is 9.90 Å². The highest BCUT2D eigenvalue weighted by molar-refractivity contribution is 5.93. The summed E-state index contributed by atoms with van der Waals surface area (Å²) < 4.78 is 19.6. The Morgan fingerprint density at radius 1 is 1.09 bits per heavy atom. The summed E-state index contributed by atoms with van der Waals surface area (Å²) in [5.74, 6) is 1.95. The number of piperidine rings is 1. The second kappa shape index (κ2) is 11.4. The molecule has 10 heteroatoms. The maximum atomic E-state index is 11.6. The number of carboxylic acid groups (broad SMARTS) is 1. The number of aromatic carboxylic acids is 1. The van der Waals surface area contributed by atoms with Gasteiger partial charge >= 0.3 is 5.97 Å². The molecular formula is C33H31N5O5. The summed E-state index contributed by atoms with van der Waals surface area (Å²) in [5, 5.41) is 10.3. The maximum absolute atomic E-state index is 11.6. The number of ether oxygens (including phenoxy) is 2. The number of carboxylic acids is 1. The number of hydrogen-bond acceptors (Lipinski definition) is 7. The molecule has 218 valence electrons. The molecule has 5 aromatic rings. The van der Waals surface area contributed by atoms with Gasteiger partial charge in [0, 0.05) is 43.1 Å². The Kier molecular flexibility index (Phi) is 7.17. The van der Waals surface area contributed by atoms with E-state index >= 15 is 0 Å². The van der Waals surface area contributed by atoms with Gasteiger partial charge in [0.1, 0.15) is 23.8 Å². The first-order valence-electron chi connectivity index (χ1n) is 14.6. The van der Waals surface area contributed by atoms with Gasteiger partial charge in [0.2, 0.25) is 5.88 Å². The van der Waals surface area contributed by atoms with Crippen LogP contribution >= 0.6 is 0 Å². The van der Waals surface area contributed by atoms with Crippen molar-refractivity contribution in [3.8, 4) is 5.88 Å². The van der Waals surface area contributed by atoms with Gasteiger partial charge in [0.15, 0.2) is 5.69 Å². The third-order valence-electron chi connectivity index (χ3n) is 8.54. The van der Waals surface area contributed by atoms with Crippen molar-refractivity contribution >= 4 is 39.5 Å². The molecule has 0 aliphatic carbocycles. The van der Waals surface area contributed by atoms with Crippen LogP contribution in [0, 0.1) is 12.5 Å². The van der Waals surface area contributed by atoms with Gasteiger partial charge in [-0.2, -0.15) is 4.98 Å². The predicted molar refractivity (Wildman–Crippen MR) is 161 cm³/mol. The van der Waals surface area contributed by atoms with Crippen molar-refractivity contribution in [3.05, 3.63) is 89.2 Å². The lowest BCUT2D eigenvalue weighted by molar-refractivity contribution is -0.0590. The van der Waals surface area contributed by atoms with Gasteiger partial charge < -0.3 is 28.5 Å². The fraction of sp³-hybridized carbons (Fsp3) is 0.333. The highest BCUT2D eigenvalue weighted by atomic mass is 16.5. The lowest BCUT2D eigenvalue weighted by atomic mass is 9.93. The standard InChI is InChI=1S/C33H31N5O5/c1-34-26-7-6-23(32-25(26)12-16-42-32)20-43-31-4-2-3-29(36-31)37-13-9-21(10-14-37)17-30-35-27-8-5-22(33(39)40)18-28(27)38(30)19-24-11-15-41-24/h2-8,12,16,18,21,24H,9-11,13-15,17,19-20H2,(H,39,40)/t24-/m0/s1. The first kappa shape index (κ1) is 27.0. The molecule has 7 rings (SSSR count). The van der Waals surface area contributed by atoms with Crippen molar-refractivity contribution in [3.63, 3.8) is 0 Å². The zero-order valence-electron chi connectivity index (χ0n) is 23.6. The van der Waals surface area contributed by atoms with E-state index in [2.05, 4.69) is 14.3 Å². The smallest absolute Gasteiger partial charge is 0.335 e. The third-order valence-corrected chi connectivity index (χ3v) is 8.54. The fourth-order valence-corrected chi connectivity index (χ4v) is 6.05. The van der Waals surface area contributed by atoms with Crippen LogP contribution in [-0.2, 0) is 24.3 Å². The minimum absolute atomic E-state index is 0.148. The molecule has 0 bridgehead atoms. The molecule has 1 N–H and O–H groups in total. The quantitative estimate of drug-likeness (QED) is 0.205. The van der Waals surface area contributed by atoms with E-state index < -0.39 is 5.97 Å². The third kappa shape index (κ3) is 5.40. The zero-order valence-corrected chi connectivity index (χ0v) is 23.6. The van der Waals surface area contributed by atoms with E-state index in [-0.39, 0.29) is 11.7 Å². The molecular weight excluding hydrogens is 546 g/mol. The van der Waals surface area contributed by atoms with Crippen LogP contribution in [0.3, 0.4) is 0 Å². The molecule has 0 unspecified atom stereocenters. The molecule has 2 fully saturated rings. The first-order chi connectivity index (χ1) is 21.1. The highest BCUT2D eigenvalue weighted by Gasteiger charge is 2.26. The Balaban J connectivity index is 1.01. The molecule has 10 nitrogen and oxygen atoms in total. The number of nitrogens with zero attached hydrogens (tertiary/aromatic N) is 5. The molecule has 0 saturated carbocycles. The van der Waals surface area contributed by atoms with E-state index in [1.165, 1.54) is 0 Å². The monoisotopic (exact) mass is 577 g/mol. The van der Waals surface area contributed by atoms with Gasteiger partial charge in [-0.25, -0.2) is 14.6 Å². The van der Waals surface area contributed by atoms with Crippen LogP contribution in [0.25, 0.3) is 26.8 Å². The van der Waals surface area contributed by atoms with Gasteiger partial charge in [-0.15, -0.1) is 0 Å².